The number of amides is 2. The second-order valence-corrected chi connectivity index (χ2v) is 8.79. The molecule has 2 N–H and O–H groups in total. The number of hydrogen-bond donors (Lipinski definition) is 2. The smallest absolute Gasteiger partial charge is 0.270 e. The molecule has 0 saturated carbocycles. The number of hydrogen-bond acceptors (Lipinski definition) is 8. The molecule has 5 rings (SSSR count). The van der Waals surface area contributed by atoms with Gasteiger partial charge in [0.25, 0.3) is 11.8 Å². The third-order valence-corrected chi connectivity index (χ3v) is 5.83. The molecule has 0 spiro atoms. The SMILES string of the molecule is Cc1cccc(Oc2ccnc(C(=O)N[C@H]3COc4ccc(C#CC5(O)COC5)cc4N(C)C3=O)c2)n1. The van der Waals surface area contributed by atoms with Crippen molar-refractivity contribution in [1.82, 2.24) is 15.3 Å². The Kier molecular flexibility index (Phi) is 6.48. The van der Waals surface area contributed by atoms with Gasteiger partial charge in [0.05, 0.1) is 18.9 Å². The third kappa shape index (κ3) is 5.38. The van der Waals surface area contributed by atoms with Gasteiger partial charge in [0.15, 0.2) is 5.60 Å². The van der Waals surface area contributed by atoms with Crippen molar-refractivity contribution in [2.75, 3.05) is 31.8 Å². The van der Waals surface area contributed by atoms with Crippen molar-refractivity contribution in [2.45, 2.75) is 18.6 Å². The normalized spacial score (nSPS) is 17.8. The number of aryl methyl sites for hydroxylation is 1. The number of ether oxygens (including phenoxy) is 3. The summed E-state index contributed by atoms with van der Waals surface area (Å²) >= 11 is 0. The van der Waals surface area contributed by atoms with Crippen LogP contribution in [-0.4, -0.2) is 65.4 Å². The molecule has 2 aliphatic heterocycles. The number of carbonyl (C=O) groups excluding carboxylic acids is 2. The quantitative estimate of drug-likeness (QED) is 0.521. The first-order valence-electron chi connectivity index (χ1n) is 11.6. The summed E-state index contributed by atoms with van der Waals surface area (Å²) in [5.41, 5.74) is 0.843. The van der Waals surface area contributed by atoms with E-state index < -0.39 is 17.6 Å². The minimum atomic E-state index is -1.15. The van der Waals surface area contributed by atoms with Gasteiger partial charge in [0.2, 0.25) is 5.88 Å². The average Bonchev–Trinajstić information content (AvgIpc) is 2.98. The molecule has 37 heavy (non-hydrogen) atoms. The number of likely N-dealkylation sites (N-methyl/N-ethyl adjacent to an activating group) is 1. The van der Waals surface area contributed by atoms with Crippen LogP contribution in [0.4, 0.5) is 5.69 Å². The summed E-state index contributed by atoms with van der Waals surface area (Å²) in [6, 6.07) is 12.7. The summed E-state index contributed by atoms with van der Waals surface area (Å²) in [5.74, 6) is 6.05. The minimum absolute atomic E-state index is 0.0621. The first kappa shape index (κ1) is 24.2. The number of benzene rings is 1. The summed E-state index contributed by atoms with van der Waals surface area (Å²) in [6.07, 6.45) is 1.45. The third-order valence-electron chi connectivity index (χ3n) is 5.83. The van der Waals surface area contributed by atoms with E-state index in [4.69, 9.17) is 14.2 Å². The van der Waals surface area contributed by atoms with Crippen molar-refractivity contribution in [1.29, 1.82) is 0 Å². The molecule has 2 aliphatic rings. The van der Waals surface area contributed by atoms with Crippen LogP contribution in [0.15, 0.2) is 54.7 Å². The van der Waals surface area contributed by atoms with Crippen LogP contribution in [0.25, 0.3) is 0 Å². The van der Waals surface area contributed by atoms with Gasteiger partial charge >= 0.3 is 0 Å². The highest BCUT2D eigenvalue weighted by atomic mass is 16.5. The largest absolute Gasteiger partial charge is 0.489 e. The molecule has 0 aliphatic carbocycles. The van der Waals surface area contributed by atoms with E-state index in [1.54, 1.807) is 37.4 Å². The second-order valence-electron chi connectivity index (χ2n) is 8.79. The fraction of sp³-hybridized carbons (Fsp3) is 0.259. The van der Waals surface area contributed by atoms with E-state index in [0.717, 1.165) is 5.69 Å². The van der Waals surface area contributed by atoms with Gasteiger partial charge < -0.3 is 29.5 Å². The zero-order valence-electron chi connectivity index (χ0n) is 20.2. The zero-order valence-corrected chi connectivity index (χ0v) is 20.2. The fourth-order valence-corrected chi connectivity index (χ4v) is 3.76. The number of anilines is 1. The van der Waals surface area contributed by atoms with E-state index in [1.807, 2.05) is 19.1 Å². The number of aromatic nitrogens is 2. The maximum absolute atomic E-state index is 13.2. The van der Waals surface area contributed by atoms with Gasteiger partial charge in [0.1, 0.15) is 29.8 Å². The average molecular weight is 501 g/mol. The van der Waals surface area contributed by atoms with Gasteiger partial charge in [0, 0.05) is 36.6 Å². The molecule has 188 valence electrons. The van der Waals surface area contributed by atoms with Crippen LogP contribution >= 0.6 is 0 Å². The van der Waals surface area contributed by atoms with Crippen molar-refractivity contribution in [2.24, 2.45) is 0 Å². The topological polar surface area (TPSA) is 123 Å². The number of pyridine rings is 2. The van der Waals surface area contributed by atoms with Crippen molar-refractivity contribution in [3.63, 3.8) is 0 Å². The Hall–Kier alpha value is -4.46. The Morgan fingerprint density at radius 1 is 1.24 bits per heavy atom. The van der Waals surface area contributed by atoms with Crippen LogP contribution in [0.1, 0.15) is 21.7 Å². The lowest BCUT2D eigenvalue weighted by molar-refractivity contribution is -0.140. The van der Waals surface area contributed by atoms with E-state index in [1.165, 1.54) is 17.2 Å². The molecule has 3 aromatic rings. The molecular weight excluding hydrogens is 476 g/mol. The number of rotatable bonds is 4. The molecule has 2 aromatic heterocycles. The first-order chi connectivity index (χ1) is 17.8. The standard InChI is InChI=1S/C27H24N4O6/c1-17-4-3-5-24(29-17)37-19-9-11-28-20(13-19)25(32)30-21-14-36-23-7-6-18(8-10-27(34)15-35-16-27)12-22(23)31(2)26(21)33/h3-7,9,11-13,21,34H,14-16H2,1-2H3,(H,30,32)/t21-/m0/s1. The van der Waals surface area contributed by atoms with E-state index in [2.05, 4.69) is 27.1 Å². The maximum Gasteiger partial charge on any atom is 0.270 e. The van der Waals surface area contributed by atoms with Crippen LogP contribution < -0.4 is 19.7 Å². The lowest BCUT2D eigenvalue weighted by Gasteiger charge is -2.30. The molecule has 1 atom stereocenters. The Balaban J connectivity index is 1.29. The highest BCUT2D eigenvalue weighted by Crippen LogP contribution is 2.31. The lowest BCUT2D eigenvalue weighted by atomic mass is 10.0. The molecule has 2 amide bonds. The Bertz CT molecular complexity index is 1430. The summed E-state index contributed by atoms with van der Waals surface area (Å²) in [7, 11) is 1.60. The molecular formula is C27H24N4O6. The molecule has 4 heterocycles. The maximum atomic E-state index is 13.2. The summed E-state index contributed by atoms with van der Waals surface area (Å²) in [6.45, 7) is 2.12. The van der Waals surface area contributed by atoms with Crippen molar-refractivity contribution in [3.05, 3.63) is 71.7 Å². The van der Waals surface area contributed by atoms with Gasteiger partial charge in [-0.05, 0) is 37.3 Å². The fourth-order valence-electron chi connectivity index (χ4n) is 3.76. The predicted molar refractivity (Wildman–Crippen MR) is 133 cm³/mol. The van der Waals surface area contributed by atoms with E-state index in [0.29, 0.717) is 28.6 Å². The van der Waals surface area contributed by atoms with E-state index >= 15 is 0 Å². The number of carbonyl (C=O) groups is 2. The monoisotopic (exact) mass is 500 g/mol. The van der Waals surface area contributed by atoms with E-state index in [9.17, 15) is 14.7 Å². The molecule has 0 radical (unpaired) electrons. The molecule has 1 fully saturated rings. The van der Waals surface area contributed by atoms with E-state index in [-0.39, 0.29) is 31.4 Å². The van der Waals surface area contributed by atoms with Crippen molar-refractivity contribution in [3.8, 4) is 29.2 Å². The van der Waals surface area contributed by atoms with Gasteiger partial charge in [-0.15, -0.1) is 0 Å². The van der Waals surface area contributed by atoms with Crippen molar-refractivity contribution >= 4 is 17.5 Å². The number of aliphatic hydroxyl groups is 1. The highest BCUT2D eigenvalue weighted by molar-refractivity contribution is 6.03. The van der Waals surface area contributed by atoms with Gasteiger partial charge in [-0.25, -0.2) is 4.98 Å². The Labute approximate surface area is 213 Å². The Morgan fingerprint density at radius 3 is 2.84 bits per heavy atom. The van der Waals surface area contributed by atoms with Crippen molar-refractivity contribution < 1.29 is 28.9 Å². The zero-order chi connectivity index (χ0) is 26.0. The molecule has 1 saturated heterocycles. The lowest BCUT2D eigenvalue weighted by Crippen LogP contribution is -2.49. The molecule has 1 aromatic carbocycles. The summed E-state index contributed by atoms with van der Waals surface area (Å²) in [4.78, 5) is 35.9. The molecule has 10 heteroatoms. The number of nitrogens with zero attached hydrogens (tertiary/aromatic N) is 3. The summed E-state index contributed by atoms with van der Waals surface area (Å²) < 4.78 is 16.6. The second kappa shape index (κ2) is 9.89. The predicted octanol–water partition coefficient (Wildman–Crippen LogP) is 1.84. The van der Waals surface area contributed by atoms with Crippen LogP contribution in [0.3, 0.4) is 0 Å². The van der Waals surface area contributed by atoms with Gasteiger partial charge in [-0.3, -0.25) is 14.6 Å². The minimum Gasteiger partial charge on any atom is -0.489 e. The van der Waals surface area contributed by atoms with Crippen LogP contribution in [0.5, 0.6) is 17.4 Å². The van der Waals surface area contributed by atoms with Crippen LogP contribution in [-0.2, 0) is 9.53 Å². The van der Waals surface area contributed by atoms with Crippen LogP contribution in [0, 0.1) is 18.8 Å². The Morgan fingerprint density at radius 2 is 2.08 bits per heavy atom. The molecule has 0 bridgehead atoms. The molecule has 0 unspecified atom stereocenters. The number of fused-ring (bicyclic) bond motifs is 1. The summed E-state index contributed by atoms with van der Waals surface area (Å²) in [5, 5.41) is 12.8. The van der Waals surface area contributed by atoms with Gasteiger partial charge in [-0.1, -0.05) is 17.9 Å². The number of nitrogens with one attached hydrogen (secondary N) is 1. The van der Waals surface area contributed by atoms with Gasteiger partial charge in [-0.2, -0.15) is 0 Å². The first-order valence-corrected chi connectivity index (χ1v) is 11.6. The molecule has 10 nitrogen and oxygen atoms in total. The highest BCUT2D eigenvalue weighted by Gasteiger charge is 2.34. The van der Waals surface area contributed by atoms with Crippen LogP contribution in [0.2, 0.25) is 0 Å².